The van der Waals surface area contributed by atoms with Crippen LogP contribution in [0.4, 0.5) is 18.9 Å². The summed E-state index contributed by atoms with van der Waals surface area (Å²) >= 11 is 0. The van der Waals surface area contributed by atoms with Crippen molar-refractivity contribution >= 4 is 21.2 Å². The highest BCUT2D eigenvalue weighted by Crippen LogP contribution is 2.29. The zero-order valence-electron chi connectivity index (χ0n) is 12.2. The van der Waals surface area contributed by atoms with Crippen molar-refractivity contribution < 1.29 is 21.6 Å². The molecule has 0 spiro atoms. The molecule has 126 valence electrons. The van der Waals surface area contributed by atoms with Crippen LogP contribution in [-0.2, 0) is 22.0 Å². The topological polar surface area (TPSA) is 63.5 Å². The van der Waals surface area contributed by atoms with Crippen LogP contribution in [0, 0.1) is 0 Å². The van der Waals surface area contributed by atoms with Crippen molar-refractivity contribution in [3.63, 3.8) is 0 Å². The Kier molecular flexibility index (Phi) is 3.96. The normalized spacial score (nSPS) is 12.5. The third kappa shape index (κ3) is 3.67. The predicted octanol–water partition coefficient (Wildman–Crippen LogP) is 3.30. The van der Waals surface area contributed by atoms with E-state index in [2.05, 4.69) is 9.82 Å². The van der Waals surface area contributed by atoms with Gasteiger partial charge in [0, 0.05) is 12.4 Å². The number of benzene rings is 1. The van der Waals surface area contributed by atoms with Crippen molar-refractivity contribution in [2.75, 3.05) is 4.72 Å². The van der Waals surface area contributed by atoms with Crippen LogP contribution < -0.4 is 4.72 Å². The van der Waals surface area contributed by atoms with E-state index in [0.29, 0.717) is 11.2 Å². The number of anilines is 1. The quantitative estimate of drug-likeness (QED) is 0.781. The van der Waals surface area contributed by atoms with Gasteiger partial charge in [-0.05, 0) is 35.9 Å². The number of nitrogens with zero attached hydrogens (tertiary/aromatic N) is 2. The molecule has 0 radical (unpaired) electrons. The Bertz CT molecular complexity index is 964. The van der Waals surface area contributed by atoms with Crippen LogP contribution in [0.25, 0.3) is 5.52 Å². The highest BCUT2D eigenvalue weighted by molar-refractivity contribution is 7.91. The van der Waals surface area contributed by atoms with Crippen molar-refractivity contribution in [1.82, 2.24) is 9.61 Å². The van der Waals surface area contributed by atoms with E-state index in [1.54, 1.807) is 35.1 Å². The molecule has 0 saturated heterocycles. The lowest BCUT2D eigenvalue weighted by atomic mass is 10.1. The maximum atomic E-state index is 12.5. The highest BCUT2D eigenvalue weighted by Gasteiger charge is 2.30. The molecule has 0 bridgehead atoms. The number of sulfonamides is 1. The van der Waals surface area contributed by atoms with Gasteiger partial charge in [0.05, 0.1) is 22.5 Å². The van der Waals surface area contributed by atoms with Gasteiger partial charge in [0.25, 0.3) is 0 Å². The first-order valence-electron chi connectivity index (χ1n) is 6.83. The largest absolute Gasteiger partial charge is 0.416 e. The van der Waals surface area contributed by atoms with Gasteiger partial charge in [0.15, 0.2) is 0 Å². The van der Waals surface area contributed by atoms with Crippen LogP contribution in [0.1, 0.15) is 11.1 Å². The van der Waals surface area contributed by atoms with Crippen molar-refractivity contribution in [1.29, 1.82) is 0 Å². The average Bonchev–Trinajstić information content (AvgIpc) is 2.93. The number of pyridine rings is 1. The minimum atomic E-state index is -4.45. The van der Waals surface area contributed by atoms with Gasteiger partial charge < -0.3 is 0 Å². The smallest absolute Gasteiger partial charge is 0.283 e. The monoisotopic (exact) mass is 355 g/mol. The number of halogens is 3. The molecular weight excluding hydrogens is 343 g/mol. The summed E-state index contributed by atoms with van der Waals surface area (Å²) in [6.45, 7) is 0. The van der Waals surface area contributed by atoms with Crippen LogP contribution in [-0.4, -0.2) is 18.0 Å². The first kappa shape index (κ1) is 16.3. The summed E-state index contributed by atoms with van der Waals surface area (Å²) in [5, 5.41) is 4.00. The minimum absolute atomic E-state index is 0.265. The maximum absolute atomic E-state index is 12.5. The van der Waals surface area contributed by atoms with Crippen molar-refractivity contribution in [2.24, 2.45) is 0 Å². The third-order valence-electron chi connectivity index (χ3n) is 3.31. The Labute approximate surface area is 135 Å². The molecule has 0 unspecified atom stereocenters. The van der Waals surface area contributed by atoms with Crippen LogP contribution in [0.2, 0.25) is 0 Å². The summed E-state index contributed by atoms with van der Waals surface area (Å²) in [5.41, 5.74) is 0.517. The fourth-order valence-corrected chi connectivity index (χ4v) is 3.40. The van der Waals surface area contributed by atoms with Gasteiger partial charge in [0.2, 0.25) is 10.0 Å². The molecule has 0 amide bonds. The van der Waals surface area contributed by atoms with E-state index < -0.39 is 27.5 Å². The molecule has 24 heavy (non-hydrogen) atoms. The molecule has 0 fully saturated rings. The van der Waals surface area contributed by atoms with Gasteiger partial charge in [-0.3, -0.25) is 4.72 Å². The Hall–Kier alpha value is -2.55. The Morgan fingerprint density at radius 2 is 1.79 bits per heavy atom. The third-order valence-corrected chi connectivity index (χ3v) is 4.57. The zero-order valence-corrected chi connectivity index (χ0v) is 13.0. The van der Waals surface area contributed by atoms with Gasteiger partial charge in [-0.1, -0.05) is 12.1 Å². The standard InChI is InChI=1S/C15H12F3N3O2S/c16-15(17,18)12-3-1-11(2-4-12)10-24(22,23)20-13-6-8-21-14(9-13)5-7-19-21/h1-9,20H,10H2. The molecule has 0 aliphatic rings. The van der Waals surface area contributed by atoms with Gasteiger partial charge in [-0.2, -0.15) is 18.3 Å². The van der Waals surface area contributed by atoms with E-state index >= 15 is 0 Å². The summed E-state index contributed by atoms with van der Waals surface area (Å²) in [7, 11) is -3.75. The first-order valence-corrected chi connectivity index (χ1v) is 8.48. The van der Waals surface area contributed by atoms with Crippen LogP contribution in [0.3, 0.4) is 0 Å². The van der Waals surface area contributed by atoms with Gasteiger partial charge in [-0.15, -0.1) is 0 Å². The summed E-state index contributed by atoms with van der Waals surface area (Å²) in [6, 6.07) is 8.91. The number of hydrogen-bond donors (Lipinski definition) is 1. The second-order valence-corrected chi connectivity index (χ2v) is 6.89. The molecule has 9 heteroatoms. The number of alkyl halides is 3. The Morgan fingerprint density at radius 1 is 1.08 bits per heavy atom. The van der Waals surface area contributed by atoms with E-state index in [-0.39, 0.29) is 5.56 Å². The summed E-state index contributed by atoms with van der Waals surface area (Å²) in [4.78, 5) is 0. The lowest BCUT2D eigenvalue weighted by Gasteiger charge is -2.10. The van der Waals surface area contributed by atoms with Gasteiger partial charge in [-0.25, -0.2) is 12.9 Å². The molecule has 0 atom stereocenters. The molecule has 3 aromatic rings. The van der Waals surface area contributed by atoms with E-state index in [0.717, 1.165) is 24.3 Å². The second-order valence-electron chi connectivity index (χ2n) is 5.17. The fourth-order valence-electron chi connectivity index (χ4n) is 2.21. The lowest BCUT2D eigenvalue weighted by Crippen LogP contribution is -2.15. The molecule has 0 saturated carbocycles. The SMILES string of the molecule is O=S(=O)(Cc1ccc(C(F)(F)F)cc1)Nc1ccn2nccc2c1. The van der Waals surface area contributed by atoms with Crippen molar-refractivity contribution in [3.05, 3.63) is 66.0 Å². The molecule has 2 aromatic heterocycles. The summed E-state index contributed by atoms with van der Waals surface area (Å²) in [6.07, 6.45) is -1.27. The molecule has 2 heterocycles. The van der Waals surface area contributed by atoms with Crippen LogP contribution in [0.5, 0.6) is 0 Å². The Balaban J connectivity index is 1.75. The van der Waals surface area contributed by atoms with Gasteiger partial charge >= 0.3 is 6.18 Å². The minimum Gasteiger partial charge on any atom is -0.283 e. The van der Waals surface area contributed by atoms with Crippen LogP contribution in [0.15, 0.2) is 54.9 Å². The van der Waals surface area contributed by atoms with E-state index in [4.69, 9.17) is 0 Å². The first-order chi connectivity index (χ1) is 11.2. The van der Waals surface area contributed by atoms with Crippen molar-refractivity contribution in [3.8, 4) is 0 Å². The number of aromatic nitrogens is 2. The molecule has 5 nitrogen and oxygen atoms in total. The van der Waals surface area contributed by atoms with Crippen LogP contribution >= 0.6 is 0 Å². The predicted molar refractivity (Wildman–Crippen MR) is 82.9 cm³/mol. The van der Waals surface area contributed by atoms with E-state index in [1.165, 1.54) is 0 Å². The van der Waals surface area contributed by atoms with E-state index in [1.807, 2.05) is 0 Å². The number of nitrogens with one attached hydrogen (secondary N) is 1. The molecule has 0 aliphatic heterocycles. The number of hydrogen-bond acceptors (Lipinski definition) is 3. The lowest BCUT2D eigenvalue weighted by molar-refractivity contribution is -0.137. The second kappa shape index (κ2) is 5.82. The van der Waals surface area contributed by atoms with Crippen molar-refractivity contribution in [2.45, 2.75) is 11.9 Å². The molecule has 0 aliphatic carbocycles. The molecular formula is C15H12F3N3O2S. The zero-order chi connectivity index (χ0) is 17.4. The molecule has 1 N–H and O–H groups in total. The summed E-state index contributed by atoms with van der Waals surface area (Å²) < 4.78 is 65.8. The van der Waals surface area contributed by atoms with E-state index in [9.17, 15) is 21.6 Å². The highest BCUT2D eigenvalue weighted by atomic mass is 32.2. The number of rotatable bonds is 4. The fraction of sp³-hybridized carbons (Fsp3) is 0.133. The van der Waals surface area contributed by atoms with Gasteiger partial charge in [0.1, 0.15) is 0 Å². The average molecular weight is 355 g/mol. The molecule has 3 rings (SSSR count). The summed E-state index contributed by atoms with van der Waals surface area (Å²) in [5.74, 6) is -0.421. The number of fused-ring (bicyclic) bond motifs is 1. The Morgan fingerprint density at radius 3 is 2.46 bits per heavy atom. The molecule has 1 aromatic carbocycles. The maximum Gasteiger partial charge on any atom is 0.416 e.